The third-order valence-electron chi connectivity index (χ3n) is 1.92. The van der Waals surface area contributed by atoms with Crippen molar-refractivity contribution < 1.29 is 13.2 Å². The van der Waals surface area contributed by atoms with Crippen LogP contribution in [-0.2, 0) is 0 Å². The Labute approximate surface area is 86.4 Å². The second-order valence-electron chi connectivity index (χ2n) is 3.20. The maximum atomic E-state index is 12.0. The van der Waals surface area contributed by atoms with Crippen molar-refractivity contribution in [1.82, 2.24) is 0 Å². The quantitative estimate of drug-likeness (QED) is 0.824. The Morgan fingerprint density at radius 1 is 1.20 bits per heavy atom. The molecule has 0 radical (unpaired) electrons. The van der Waals surface area contributed by atoms with E-state index in [0.29, 0.717) is 0 Å². The summed E-state index contributed by atoms with van der Waals surface area (Å²) in [6.45, 7) is 0. The van der Waals surface area contributed by atoms with E-state index in [1.165, 1.54) is 6.08 Å². The molecule has 0 bridgehead atoms. The van der Waals surface area contributed by atoms with E-state index in [4.69, 9.17) is 5.73 Å². The van der Waals surface area contributed by atoms with Crippen LogP contribution in [0.3, 0.4) is 0 Å². The van der Waals surface area contributed by atoms with Crippen molar-refractivity contribution in [3.63, 3.8) is 0 Å². The summed E-state index contributed by atoms with van der Waals surface area (Å²) >= 11 is 0. The van der Waals surface area contributed by atoms with Crippen molar-refractivity contribution in [1.29, 1.82) is 0 Å². The van der Waals surface area contributed by atoms with E-state index in [-0.39, 0.29) is 6.42 Å². The van der Waals surface area contributed by atoms with E-state index >= 15 is 0 Å². The maximum Gasteiger partial charge on any atom is 0.403 e. The number of benzene rings is 1. The summed E-state index contributed by atoms with van der Waals surface area (Å²) in [5.74, 6) is 0. The molecular formula is C11H12F3N. The van der Waals surface area contributed by atoms with Gasteiger partial charge in [-0.1, -0.05) is 42.5 Å². The molecule has 0 aliphatic carbocycles. The van der Waals surface area contributed by atoms with Crippen molar-refractivity contribution in [2.24, 2.45) is 5.73 Å². The molecule has 2 N–H and O–H groups in total. The van der Waals surface area contributed by atoms with Crippen LogP contribution in [0.25, 0.3) is 6.08 Å². The fraction of sp³-hybridized carbons (Fsp3) is 0.273. The van der Waals surface area contributed by atoms with Gasteiger partial charge < -0.3 is 5.73 Å². The normalized spacial score (nSPS) is 14.4. The average molecular weight is 215 g/mol. The van der Waals surface area contributed by atoms with E-state index in [9.17, 15) is 13.2 Å². The molecule has 15 heavy (non-hydrogen) atoms. The molecule has 1 aromatic rings. The average Bonchev–Trinajstić information content (AvgIpc) is 2.18. The molecule has 4 heteroatoms. The Balaban J connectivity index is 2.48. The van der Waals surface area contributed by atoms with E-state index in [2.05, 4.69) is 0 Å². The molecule has 0 saturated carbocycles. The molecule has 0 aliphatic heterocycles. The zero-order chi connectivity index (χ0) is 11.3. The first-order valence-corrected chi connectivity index (χ1v) is 4.54. The fourth-order valence-electron chi connectivity index (χ4n) is 1.05. The summed E-state index contributed by atoms with van der Waals surface area (Å²) in [5, 5.41) is 0. The summed E-state index contributed by atoms with van der Waals surface area (Å²) in [6, 6.07) is 7.34. The molecule has 0 spiro atoms. The van der Waals surface area contributed by atoms with E-state index in [1.54, 1.807) is 6.08 Å². The highest BCUT2D eigenvalue weighted by molar-refractivity contribution is 5.48. The highest BCUT2D eigenvalue weighted by Crippen LogP contribution is 2.21. The molecule has 0 fully saturated rings. The minimum Gasteiger partial charge on any atom is -0.320 e. The first kappa shape index (κ1) is 11.8. The summed E-state index contributed by atoms with van der Waals surface area (Å²) in [4.78, 5) is 0. The van der Waals surface area contributed by atoms with Crippen LogP contribution in [0.15, 0.2) is 36.4 Å². The van der Waals surface area contributed by atoms with Gasteiger partial charge >= 0.3 is 6.18 Å². The Kier molecular flexibility index (Phi) is 3.91. The largest absolute Gasteiger partial charge is 0.403 e. The minimum absolute atomic E-state index is 0.196. The van der Waals surface area contributed by atoms with Gasteiger partial charge in [-0.2, -0.15) is 13.2 Å². The molecule has 1 rings (SSSR count). The molecule has 1 nitrogen and oxygen atoms in total. The van der Waals surface area contributed by atoms with Crippen molar-refractivity contribution in [3.05, 3.63) is 42.0 Å². The highest BCUT2D eigenvalue weighted by Gasteiger charge is 2.35. The first-order chi connectivity index (χ1) is 7.00. The zero-order valence-electron chi connectivity index (χ0n) is 8.04. The Bertz CT molecular complexity index is 316. The molecule has 0 amide bonds. The van der Waals surface area contributed by atoms with Gasteiger partial charge in [0.15, 0.2) is 0 Å². The van der Waals surface area contributed by atoms with Gasteiger partial charge in [0.2, 0.25) is 0 Å². The lowest BCUT2D eigenvalue weighted by atomic mass is 10.1. The molecule has 1 aromatic carbocycles. The Hall–Kier alpha value is -1.29. The molecule has 0 aliphatic rings. The predicted octanol–water partition coefficient (Wildman–Crippen LogP) is 2.98. The monoisotopic (exact) mass is 215 g/mol. The van der Waals surface area contributed by atoms with Gasteiger partial charge in [-0.25, -0.2) is 0 Å². The number of rotatable bonds is 3. The van der Waals surface area contributed by atoms with Crippen LogP contribution in [0.1, 0.15) is 12.0 Å². The number of alkyl halides is 3. The van der Waals surface area contributed by atoms with Crippen LogP contribution in [0.2, 0.25) is 0 Å². The van der Waals surface area contributed by atoms with Crippen molar-refractivity contribution in [3.8, 4) is 0 Å². The zero-order valence-corrected chi connectivity index (χ0v) is 8.04. The Morgan fingerprint density at radius 2 is 1.80 bits per heavy atom. The Morgan fingerprint density at radius 3 is 2.33 bits per heavy atom. The summed E-state index contributed by atoms with van der Waals surface area (Å²) < 4.78 is 36.0. The third kappa shape index (κ3) is 4.16. The first-order valence-electron chi connectivity index (χ1n) is 4.54. The lowest BCUT2D eigenvalue weighted by Gasteiger charge is -2.12. The number of nitrogens with two attached hydrogens (primary N) is 1. The number of hydrogen-bond acceptors (Lipinski definition) is 1. The SMILES string of the molecule is NC(C/C=C/c1ccccc1)C(F)(F)F. The van der Waals surface area contributed by atoms with Crippen molar-refractivity contribution >= 4 is 6.08 Å². The molecule has 0 heterocycles. The van der Waals surface area contributed by atoms with Gasteiger partial charge in [-0.15, -0.1) is 0 Å². The lowest BCUT2D eigenvalue weighted by molar-refractivity contribution is -0.146. The molecule has 0 aromatic heterocycles. The van der Waals surface area contributed by atoms with Gasteiger partial charge in [0.25, 0.3) is 0 Å². The van der Waals surface area contributed by atoms with E-state index < -0.39 is 12.2 Å². The van der Waals surface area contributed by atoms with Gasteiger partial charge in [-0.05, 0) is 12.0 Å². The van der Waals surface area contributed by atoms with Gasteiger partial charge in [0.1, 0.15) is 6.04 Å². The highest BCUT2D eigenvalue weighted by atomic mass is 19.4. The van der Waals surface area contributed by atoms with Crippen LogP contribution >= 0.6 is 0 Å². The standard InChI is InChI=1S/C11H12F3N/c12-11(13,14)10(15)8-4-7-9-5-2-1-3-6-9/h1-7,10H,8,15H2/b7-4+. The second kappa shape index (κ2) is 4.98. The van der Waals surface area contributed by atoms with Gasteiger partial charge in [-0.3, -0.25) is 0 Å². The fourth-order valence-corrected chi connectivity index (χ4v) is 1.05. The van der Waals surface area contributed by atoms with Crippen LogP contribution in [0.4, 0.5) is 13.2 Å². The summed E-state index contributed by atoms with van der Waals surface area (Å²) in [7, 11) is 0. The molecule has 0 saturated heterocycles. The third-order valence-corrected chi connectivity index (χ3v) is 1.92. The van der Waals surface area contributed by atoms with E-state index in [0.717, 1.165) is 5.56 Å². The lowest BCUT2D eigenvalue weighted by Crippen LogP contribution is -2.36. The van der Waals surface area contributed by atoms with Crippen LogP contribution in [-0.4, -0.2) is 12.2 Å². The second-order valence-corrected chi connectivity index (χ2v) is 3.20. The van der Waals surface area contributed by atoms with Crippen LogP contribution in [0.5, 0.6) is 0 Å². The van der Waals surface area contributed by atoms with E-state index in [1.807, 2.05) is 30.3 Å². The predicted molar refractivity (Wildman–Crippen MR) is 54.1 cm³/mol. The minimum atomic E-state index is -4.32. The number of halogens is 3. The summed E-state index contributed by atoms with van der Waals surface area (Å²) in [6.07, 6.45) is -1.45. The summed E-state index contributed by atoms with van der Waals surface area (Å²) in [5.41, 5.74) is 5.81. The molecule has 82 valence electrons. The van der Waals surface area contributed by atoms with Crippen LogP contribution < -0.4 is 5.73 Å². The molecule has 1 atom stereocenters. The topological polar surface area (TPSA) is 26.0 Å². The maximum absolute atomic E-state index is 12.0. The molecule has 1 unspecified atom stereocenters. The number of hydrogen-bond donors (Lipinski definition) is 1. The van der Waals surface area contributed by atoms with Crippen molar-refractivity contribution in [2.75, 3.05) is 0 Å². The van der Waals surface area contributed by atoms with Gasteiger partial charge in [0.05, 0.1) is 0 Å². The smallest absolute Gasteiger partial charge is 0.320 e. The van der Waals surface area contributed by atoms with Crippen LogP contribution in [0, 0.1) is 0 Å². The van der Waals surface area contributed by atoms with Gasteiger partial charge in [0, 0.05) is 0 Å². The molecular weight excluding hydrogens is 203 g/mol. The van der Waals surface area contributed by atoms with Crippen molar-refractivity contribution in [2.45, 2.75) is 18.6 Å².